The summed E-state index contributed by atoms with van der Waals surface area (Å²) in [4.78, 5) is 26.3. The van der Waals surface area contributed by atoms with Gasteiger partial charge in [-0.3, -0.25) is 9.59 Å². The highest BCUT2D eigenvalue weighted by molar-refractivity contribution is 5.70. The molecule has 4 saturated carbocycles. The quantitative estimate of drug-likeness (QED) is 0.150. The molecule has 7 nitrogen and oxygen atoms in total. The van der Waals surface area contributed by atoms with E-state index < -0.39 is 12.1 Å². The van der Waals surface area contributed by atoms with Crippen LogP contribution in [0.3, 0.4) is 0 Å². The topological polar surface area (TPSA) is 108 Å². The van der Waals surface area contributed by atoms with Crippen LogP contribution >= 0.6 is 0 Å². The Bertz CT molecular complexity index is 1800. The third-order valence-electron chi connectivity index (χ3n) is 20.4. The molecule has 2 heterocycles. The van der Waals surface area contributed by atoms with Crippen molar-refractivity contribution < 1.29 is 24.5 Å². The molecule has 16 atom stereocenters. The van der Waals surface area contributed by atoms with E-state index in [0.29, 0.717) is 47.8 Å². The van der Waals surface area contributed by atoms with Gasteiger partial charge in [0.15, 0.2) is 0 Å². The maximum Gasteiger partial charge on any atom is 0.306 e. The van der Waals surface area contributed by atoms with E-state index in [1.54, 1.807) is 11.1 Å². The van der Waals surface area contributed by atoms with Crippen LogP contribution in [0, 0.1) is 80.8 Å². The fraction of sp³-hybridized carbons (Fsp3) is 0.808. The van der Waals surface area contributed by atoms with E-state index in [9.17, 15) is 19.8 Å². The lowest BCUT2D eigenvalue weighted by Gasteiger charge is -2.60. The number of carboxylic acids is 1. The average Bonchev–Trinajstić information content (AvgIpc) is 3.76. The zero-order valence-electron chi connectivity index (χ0n) is 36.9. The first-order valence-electron chi connectivity index (χ1n) is 24.7. The highest BCUT2D eigenvalue weighted by atomic mass is 16.5. The van der Waals surface area contributed by atoms with E-state index in [1.165, 1.54) is 56.1 Å². The lowest BCUT2D eigenvalue weighted by atomic mass is 9.46. The van der Waals surface area contributed by atoms with Crippen LogP contribution in [0.15, 0.2) is 46.6 Å². The number of piperidine rings is 2. The van der Waals surface area contributed by atoms with Crippen molar-refractivity contribution in [3.63, 3.8) is 0 Å². The molecule has 8 aliphatic carbocycles. The van der Waals surface area contributed by atoms with E-state index in [2.05, 4.69) is 62.6 Å². The standard InChI is InChI=1S/C52H76N2O5/c1-49-18-14-32(24-35(49)27-43(55)47-39-11-9-37(33-7-5-21-53-29-33)51(39,3)19-15-41(47)49)26-46(58)59-44-28-36-23-31(25-45(56)57)13-17-50(36,2)42-16-20-52(4)38(10-12-40(52)48(42)44)34-8-6-22-54-30-34/h9-10,27-28,31-34,39-44,47-48,53-55H,5-8,11-26,29-30H2,1-4H3,(H,56,57)/t31-,32-,33?,34?,39?,40-,41?,42-,43+,44-,47?,48-,49-,50-,51+,52+/m0/s1. The van der Waals surface area contributed by atoms with E-state index in [4.69, 9.17) is 4.74 Å². The molecule has 0 aromatic rings. The Labute approximate surface area is 355 Å². The number of hydrogen-bond acceptors (Lipinski definition) is 6. The zero-order valence-corrected chi connectivity index (χ0v) is 36.9. The maximum atomic E-state index is 14.4. The first-order valence-corrected chi connectivity index (χ1v) is 24.7. The maximum absolute atomic E-state index is 14.4. The first-order chi connectivity index (χ1) is 28.3. The van der Waals surface area contributed by atoms with E-state index in [0.717, 1.165) is 84.0 Å². The van der Waals surface area contributed by atoms with Crippen molar-refractivity contribution in [3.8, 4) is 0 Å². The molecule has 10 rings (SSSR count). The molecular formula is C52H76N2O5. The Morgan fingerprint density at radius 1 is 0.661 bits per heavy atom. The van der Waals surface area contributed by atoms with Gasteiger partial charge in [-0.2, -0.15) is 0 Å². The summed E-state index contributed by atoms with van der Waals surface area (Å²) in [5.74, 6) is 3.40. The number of ether oxygens (including phenoxy) is 1. The summed E-state index contributed by atoms with van der Waals surface area (Å²) in [5.41, 5.74) is 6.62. The van der Waals surface area contributed by atoms with E-state index in [-0.39, 0.29) is 57.9 Å². The number of aliphatic carboxylic acids is 1. The predicted octanol–water partition coefficient (Wildman–Crippen LogP) is 9.57. The molecule has 2 aliphatic heterocycles. The molecule has 0 amide bonds. The number of nitrogens with one attached hydrogen (secondary N) is 2. The van der Waals surface area contributed by atoms with Gasteiger partial charge in [0.1, 0.15) is 6.10 Å². The summed E-state index contributed by atoms with van der Waals surface area (Å²) in [6.07, 6.45) is 27.7. The van der Waals surface area contributed by atoms with E-state index in [1.807, 2.05) is 0 Å². The van der Waals surface area contributed by atoms with Crippen LogP contribution in [0.25, 0.3) is 0 Å². The van der Waals surface area contributed by atoms with Gasteiger partial charge in [-0.25, -0.2) is 0 Å². The predicted molar refractivity (Wildman–Crippen MR) is 232 cm³/mol. The second-order valence-electron chi connectivity index (χ2n) is 23.1. The molecule has 0 radical (unpaired) electrons. The van der Waals surface area contributed by atoms with Crippen LogP contribution in [0.1, 0.15) is 143 Å². The van der Waals surface area contributed by atoms with Crippen LogP contribution < -0.4 is 10.6 Å². The van der Waals surface area contributed by atoms with Gasteiger partial charge in [0.05, 0.1) is 6.10 Å². The summed E-state index contributed by atoms with van der Waals surface area (Å²) in [5, 5.41) is 29.1. The molecule has 5 unspecified atom stereocenters. The number of esters is 1. The third-order valence-corrected chi connectivity index (χ3v) is 20.4. The highest BCUT2D eigenvalue weighted by Crippen LogP contribution is 2.68. The molecule has 10 aliphatic rings. The van der Waals surface area contributed by atoms with Gasteiger partial charge in [0.2, 0.25) is 0 Å². The van der Waals surface area contributed by atoms with Gasteiger partial charge in [0, 0.05) is 31.8 Å². The van der Waals surface area contributed by atoms with Crippen LogP contribution in [0.4, 0.5) is 0 Å². The molecule has 0 bridgehead atoms. The Kier molecular flexibility index (Phi) is 10.6. The number of allylic oxidation sites excluding steroid dienone is 4. The molecule has 324 valence electrons. The lowest BCUT2D eigenvalue weighted by molar-refractivity contribution is -0.160. The van der Waals surface area contributed by atoms with Crippen molar-refractivity contribution >= 4 is 11.9 Å². The number of hydrogen-bond donors (Lipinski definition) is 4. The van der Waals surface area contributed by atoms with Gasteiger partial charge in [0.25, 0.3) is 0 Å². The minimum atomic E-state index is -0.704. The number of fused-ring (bicyclic) bond motifs is 10. The molecule has 7 heteroatoms. The normalized spacial score (nSPS) is 49.0. The summed E-state index contributed by atoms with van der Waals surface area (Å²) in [6.45, 7) is 14.5. The van der Waals surface area contributed by atoms with Crippen molar-refractivity contribution in [1.82, 2.24) is 10.6 Å². The number of carbonyl (C=O) groups is 2. The largest absolute Gasteiger partial charge is 0.481 e. The smallest absolute Gasteiger partial charge is 0.306 e. The van der Waals surface area contributed by atoms with Crippen molar-refractivity contribution in [2.45, 2.75) is 155 Å². The number of rotatable bonds is 7. The van der Waals surface area contributed by atoms with Crippen molar-refractivity contribution in [1.29, 1.82) is 0 Å². The van der Waals surface area contributed by atoms with Crippen molar-refractivity contribution in [3.05, 3.63) is 46.6 Å². The average molecular weight is 809 g/mol. The highest BCUT2D eigenvalue weighted by Gasteiger charge is 2.62. The Morgan fingerprint density at radius 3 is 1.71 bits per heavy atom. The summed E-state index contributed by atoms with van der Waals surface area (Å²) in [6, 6.07) is 0. The second-order valence-corrected chi connectivity index (χ2v) is 23.1. The van der Waals surface area contributed by atoms with Gasteiger partial charge in [-0.05, 0) is 197 Å². The van der Waals surface area contributed by atoms with Crippen molar-refractivity contribution in [2.24, 2.45) is 80.8 Å². The minimum Gasteiger partial charge on any atom is -0.481 e. The molecular weight excluding hydrogens is 733 g/mol. The molecule has 0 spiro atoms. The van der Waals surface area contributed by atoms with E-state index >= 15 is 0 Å². The number of aliphatic hydroxyl groups is 1. The minimum absolute atomic E-state index is 0.0405. The summed E-state index contributed by atoms with van der Waals surface area (Å²) >= 11 is 0. The molecule has 0 aromatic carbocycles. The van der Waals surface area contributed by atoms with Crippen LogP contribution in [0.2, 0.25) is 0 Å². The number of aliphatic hydroxyl groups excluding tert-OH is 1. The monoisotopic (exact) mass is 809 g/mol. The van der Waals surface area contributed by atoms with Crippen LogP contribution in [0.5, 0.6) is 0 Å². The van der Waals surface area contributed by atoms with Crippen LogP contribution in [-0.2, 0) is 14.3 Å². The van der Waals surface area contributed by atoms with Gasteiger partial charge in [-0.15, -0.1) is 0 Å². The van der Waals surface area contributed by atoms with Crippen molar-refractivity contribution in [2.75, 3.05) is 26.2 Å². The molecule has 6 fully saturated rings. The lowest BCUT2D eigenvalue weighted by Crippen LogP contribution is -2.55. The van der Waals surface area contributed by atoms with Gasteiger partial charge < -0.3 is 25.6 Å². The second kappa shape index (κ2) is 15.2. The van der Waals surface area contributed by atoms with Gasteiger partial charge >= 0.3 is 11.9 Å². The number of carboxylic acid groups (broad SMARTS) is 1. The zero-order chi connectivity index (χ0) is 40.9. The molecule has 2 saturated heterocycles. The first kappa shape index (κ1) is 40.8. The fourth-order valence-electron chi connectivity index (χ4n) is 17.3. The number of carbonyl (C=O) groups excluding carboxylic acids is 1. The third kappa shape index (κ3) is 6.65. The Hall–Kier alpha value is -2.22. The summed E-state index contributed by atoms with van der Waals surface area (Å²) < 4.78 is 6.85. The Morgan fingerprint density at radius 2 is 1.17 bits per heavy atom. The van der Waals surface area contributed by atoms with Crippen LogP contribution in [-0.4, -0.2) is 60.5 Å². The molecule has 59 heavy (non-hydrogen) atoms. The fourth-order valence-corrected chi connectivity index (χ4v) is 17.3. The SMILES string of the molecule is C[C@]12CC[C@H](CC(=O)O[C@H]3C=C4C[C@@H](CC(=O)O)CC[C@]4(C)[C@H]4CC[C@]5(C)C(C6CCCNC6)=CC[C@H]5[C@H]34)CC1=C[C@@H](O)C1C2CC[C@]2(C)C(C3CCCNC3)=CCC12. The van der Waals surface area contributed by atoms with Gasteiger partial charge in [-0.1, -0.05) is 68.2 Å². The molecule has 0 aromatic heterocycles. The summed E-state index contributed by atoms with van der Waals surface area (Å²) in [7, 11) is 0. The molecule has 4 N–H and O–H groups in total. The Balaban J connectivity index is 0.864.